The van der Waals surface area contributed by atoms with Gasteiger partial charge in [-0.2, -0.15) is 0 Å². The van der Waals surface area contributed by atoms with Crippen molar-refractivity contribution in [1.29, 1.82) is 0 Å². The smallest absolute Gasteiger partial charge is 0.311 e. The SMILES string of the molecule is C=CCCCOC(=O)[C@@H]1[C@H]2C(=O)N([C@H](CO)c3ccccc3)C(C(=O)N(CC=C)c3ccc(OC)cc3)C23CC[C@@]1(C)S3. The lowest BCUT2D eigenvalue weighted by atomic mass is 9.66. The third kappa shape index (κ3) is 5.27. The number of aliphatic hydroxyl groups is 1. The first-order chi connectivity index (χ1) is 20.8. The maximum Gasteiger partial charge on any atom is 0.311 e. The van der Waals surface area contributed by atoms with Gasteiger partial charge in [-0.1, -0.05) is 42.5 Å². The molecule has 2 aromatic carbocycles. The van der Waals surface area contributed by atoms with Gasteiger partial charge in [0.15, 0.2) is 0 Å². The first-order valence-electron chi connectivity index (χ1n) is 14.8. The monoisotopic (exact) mass is 604 g/mol. The number of anilines is 1. The summed E-state index contributed by atoms with van der Waals surface area (Å²) in [6.45, 7) is 9.73. The number of fused-ring (bicyclic) bond motifs is 1. The maximum atomic E-state index is 14.9. The van der Waals surface area contributed by atoms with Gasteiger partial charge in [0.1, 0.15) is 11.8 Å². The molecule has 3 aliphatic heterocycles. The Morgan fingerprint density at radius 2 is 1.86 bits per heavy atom. The van der Waals surface area contributed by atoms with Crippen LogP contribution in [0.2, 0.25) is 0 Å². The molecule has 1 spiro atoms. The highest BCUT2D eigenvalue weighted by atomic mass is 32.2. The zero-order valence-corrected chi connectivity index (χ0v) is 25.6. The van der Waals surface area contributed by atoms with Crippen LogP contribution in [0, 0.1) is 11.8 Å². The molecule has 8 nitrogen and oxygen atoms in total. The van der Waals surface area contributed by atoms with Crippen molar-refractivity contribution < 1.29 is 29.0 Å². The highest BCUT2D eigenvalue weighted by molar-refractivity contribution is 8.02. The summed E-state index contributed by atoms with van der Waals surface area (Å²) in [5.41, 5.74) is 1.36. The van der Waals surface area contributed by atoms with Crippen LogP contribution in [-0.4, -0.2) is 70.2 Å². The van der Waals surface area contributed by atoms with E-state index in [1.807, 2.05) is 37.3 Å². The van der Waals surface area contributed by atoms with Crippen molar-refractivity contribution in [3.05, 3.63) is 85.5 Å². The zero-order chi connectivity index (χ0) is 30.8. The number of rotatable bonds is 13. The van der Waals surface area contributed by atoms with Crippen LogP contribution in [0.5, 0.6) is 5.75 Å². The van der Waals surface area contributed by atoms with Crippen molar-refractivity contribution in [2.45, 2.75) is 54.2 Å². The van der Waals surface area contributed by atoms with E-state index in [4.69, 9.17) is 9.47 Å². The Bertz CT molecular complexity index is 1370. The summed E-state index contributed by atoms with van der Waals surface area (Å²) >= 11 is 1.58. The van der Waals surface area contributed by atoms with Gasteiger partial charge in [-0.05, 0) is 62.4 Å². The molecule has 3 saturated heterocycles. The Balaban J connectivity index is 1.60. The molecular formula is C34H40N2O6S. The zero-order valence-electron chi connectivity index (χ0n) is 24.8. The number of esters is 1. The van der Waals surface area contributed by atoms with Crippen LogP contribution < -0.4 is 9.64 Å². The number of benzene rings is 2. The average molecular weight is 605 g/mol. The predicted octanol–water partition coefficient (Wildman–Crippen LogP) is 4.94. The van der Waals surface area contributed by atoms with Crippen LogP contribution in [-0.2, 0) is 19.1 Å². The number of hydrogen-bond acceptors (Lipinski definition) is 7. The van der Waals surface area contributed by atoms with E-state index in [9.17, 15) is 19.5 Å². The van der Waals surface area contributed by atoms with E-state index < -0.39 is 39.4 Å². The standard InChI is InChI=1S/C34H40N2O6S/c1-5-7-11-21-42-32(40)28-27-30(38)36(26(22-37)23-12-9-8-10-13-23)29(34(27)19-18-33(28,3)43-34)31(39)35(20-6-2)24-14-16-25(41-4)17-15-24/h5-6,8-10,12-17,26-29,37H,1-2,7,11,18-22H2,3-4H3/t26-,27+,28+,29?,33-,34?/m1/s1. The fourth-order valence-corrected chi connectivity index (χ4v) is 9.54. The van der Waals surface area contributed by atoms with Gasteiger partial charge in [0, 0.05) is 17.0 Å². The maximum absolute atomic E-state index is 14.9. The number of thioether (sulfide) groups is 1. The lowest BCUT2D eigenvalue weighted by Gasteiger charge is -2.39. The largest absolute Gasteiger partial charge is 0.497 e. The van der Waals surface area contributed by atoms with Crippen LogP contribution in [0.4, 0.5) is 5.69 Å². The summed E-state index contributed by atoms with van der Waals surface area (Å²) < 4.78 is 9.65. The fraction of sp³-hybridized carbons (Fsp3) is 0.441. The number of amides is 2. The molecule has 0 radical (unpaired) electrons. The van der Waals surface area contributed by atoms with Gasteiger partial charge in [-0.15, -0.1) is 24.9 Å². The van der Waals surface area contributed by atoms with Crippen LogP contribution in [0.15, 0.2) is 79.9 Å². The number of carbonyl (C=O) groups is 3. The van der Waals surface area contributed by atoms with E-state index in [1.54, 1.807) is 65.1 Å². The minimum atomic E-state index is -0.921. The second kappa shape index (κ2) is 12.6. The number of methoxy groups -OCH3 is 1. The number of nitrogens with zero attached hydrogens (tertiary/aromatic N) is 2. The van der Waals surface area contributed by atoms with Gasteiger partial charge in [0.25, 0.3) is 5.91 Å². The van der Waals surface area contributed by atoms with Gasteiger partial charge < -0.3 is 24.4 Å². The van der Waals surface area contributed by atoms with Gasteiger partial charge in [0.05, 0.1) is 42.9 Å². The molecule has 2 aromatic rings. The van der Waals surface area contributed by atoms with Crippen LogP contribution >= 0.6 is 11.8 Å². The van der Waals surface area contributed by atoms with E-state index in [1.165, 1.54) is 0 Å². The van der Waals surface area contributed by atoms with Crippen LogP contribution in [0.1, 0.15) is 44.2 Å². The lowest BCUT2D eigenvalue weighted by molar-refractivity contribution is -0.156. The molecule has 228 valence electrons. The molecule has 2 amide bonds. The minimum Gasteiger partial charge on any atom is -0.497 e. The van der Waals surface area contributed by atoms with Crippen molar-refractivity contribution in [2.75, 3.05) is 31.8 Å². The van der Waals surface area contributed by atoms with Crippen molar-refractivity contribution in [3.8, 4) is 5.75 Å². The molecule has 1 N–H and O–H groups in total. The fourth-order valence-electron chi connectivity index (χ4n) is 7.22. The predicted molar refractivity (Wildman–Crippen MR) is 168 cm³/mol. The van der Waals surface area contributed by atoms with Crippen molar-refractivity contribution in [3.63, 3.8) is 0 Å². The Morgan fingerprint density at radius 1 is 1.14 bits per heavy atom. The third-order valence-corrected chi connectivity index (χ3v) is 11.1. The summed E-state index contributed by atoms with van der Waals surface area (Å²) in [6.07, 6.45) is 6.08. The summed E-state index contributed by atoms with van der Waals surface area (Å²) in [6, 6.07) is 14.8. The van der Waals surface area contributed by atoms with E-state index in [-0.39, 0.29) is 31.6 Å². The average Bonchev–Trinajstić information content (AvgIpc) is 3.59. The lowest BCUT2D eigenvalue weighted by Crippen LogP contribution is -2.56. The summed E-state index contributed by atoms with van der Waals surface area (Å²) in [5.74, 6) is -1.76. The molecule has 6 atom stereocenters. The molecule has 2 unspecified atom stereocenters. The van der Waals surface area contributed by atoms with Gasteiger partial charge in [-0.25, -0.2) is 0 Å². The molecule has 43 heavy (non-hydrogen) atoms. The molecule has 0 aliphatic carbocycles. The van der Waals surface area contributed by atoms with E-state index in [0.717, 1.165) is 12.0 Å². The molecule has 5 rings (SSSR count). The Hall–Kier alpha value is -3.56. The summed E-state index contributed by atoms with van der Waals surface area (Å²) in [4.78, 5) is 46.4. The topological polar surface area (TPSA) is 96.4 Å². The van der Waals surface area contributed by atoms with Crippen LogP contribution in [0.3, 0.4) is 0 Å². The molecule has 2 bridgehead atoms. The molecule has 3 fully saturated rings. The number of allylic oxidation sites excluding steroid dienone is 1. The number of carbonyl (C=O) groups excluding carboxylic acids is 3. The summed E-state index contributed by atoms with van der Waals surface area (Å²) in [5, 5.41) is 10.7. The number of unbranched alkanes of at least 4 members (excludes halogenated alkanes) is 1. The highest BCUT2D eigenvalue weighted by Gasteiger charge is 2.78. The second-order valence-electron chi connectivity index (χ2n) is 11.6. The normalized spacial score (nSPS) is 27.8. The summed E-state index contributed by atoms with van der Waals surface area (Å²) in [7, 11) is 1.58. The number of likely N-dealkylation sites (tertiary alicyclic amines) is 1. The van der Waals surface area contributed by atoms with Crippen LogP contribution in [0.25, 0.3) is 0 Å². The first kappa shape index (κ1) is 30.9. The Morgan fingerprint density at radius 3 is 2.49 bits per heavy atom. The molecule has 3 aliphatic rings. The second-order valence-corrected chi connectivity index (χ2v) is 13.5. The number of aliphatic hydroxyl groups excluding tert-OH is 1. The third-order valence-electron chi connectivity index (χ3n) is 9.15. The van der Waals surface area contributed by atoms with Crippen molar-refractivity contribution in [2.24, 2.45) is 11.8 Å². The van der Waals surface area contributed by atoms with E-state index in [0.29, 0.717) is 30.7 Å². The van der Waals surface area contributed by atoms with Crippen molar-refractivity contribution in [1.82, 2.24) is 4.90 Å². The van der Waals surface area contributed by atoms with Gasteiger partial charge in [-0.3, -0.25) is 14.4 Å². The van der Waals surface area contributed by atoms with Gasteiger partial charge in [0.2, 0.25) is 5.91 Å². The van der Waals surface area contributed by atoms with Crippen molar-refractivity contribution >= 4 is 35.2 Å². The number of ether oxygens (including phenoxy) is 2. The van der Waals surface area contributed by atoms with E-state index >= 15 is 0 Å². The molecule has 0 aromatic heterocycles. The Kier molecular flexibility index (Phi) is 9.04. The molecular weight excluding hydrogens is 564 g/mol. The number of hydrogen-bond donors (Lipinski definition) is 1. The first-order valence-corrected chi connectivity index (χ1v) is 15.6. The quantitative estimate of drug-likeness (QED) is 0.197. The van der Waals surface area contributed by atoms with E-state index in [2.05, 4.69) is 13.2 Å². The molecule has 3 heterocycles. The molecule has 0 saturated carbocycles. The molecule has 9 heteroatoms. The highest BCUT2D eigenvalue weighted by Crippen LogP contribution is 2.72. The Labute approximate surface area is 257 Å². The van der Waals surface area contributed by atoms with Gasteiger partial charge >= 0.3 is 5.97 Å². The minimum absolute atomic E-state index is 0.219.